The lowest BCUT2D eigenvalue weighted by Gasteiger charge is -2.16. The molecule has 0 saturated carbocycles. The van der Waals surface area contributed by atoms with Gasteiger partial charge in [0.2, 0.25) is 0 Å². The molecule has 0 heterocycles. The van der Waals surface area contributed by atoms with Crippen LogP contribution in [0.2, 0.25) is 0 Å². The Kier molecular flexibility index (Phi) is 6.83. The summed E-state index contributed by atoms with van der Waals surface area (Å²) in [6.45, 7) is 9.58. The largest absolute Gasteiger partial charge is 0.491 e. The molecule has 2 rings (SSSR count). The van der Waals surface area contributed by atoms with Gasteiger partial charge in [0.25, 0.3) is 0 Å². The SMILES string of the molecule is Cc1cc(OC[C@@H](O)C[NH2+][C@H](C)c2ccccc2)ccc1C(C)C. The highest BCUT2D eigenvalue weighted by molar-refractivity contribution is 5.36. The van der Waals surface area contributed by atoms with Crippen LogP contribution in [0.4, 0.5) is 0 Å². The van der Waals surface area contributed by atoms with Crippen molar-refractivity contribution in [3.05, 3.63) is 65.2 Å². The molecule has 0 aromatic heterocycles. The minimum absolute atomic E-state index is 0.318. The van der Waals surface area contributed by atoms with E-state index in [9.17, 15) is 5.11 Å². The summed E-state index contributed by atoms with van der Waals surface area (Å²) in [6.07, 6.45) is -0.485. The van der Waals surface area contributed by atoms with Crippen molar-refractivity contribution in [2.75, 3.05) is 13.2 Å². The average molecular weight is 328 g/mol. The highest BCUT2D eigenvalue weighted by atomic mass is 16.5. The quantitative estimate of drug-likeness (QED) is 0.782. The van der Waals surface area contributed by atoms with Gasteiger partial charge in [-0.25, -0.2) is 0 Å². The van der Waals surface area contributed by atoms with Crippen LogP contribution in [0.25, 0.3) is 0 Å². The van der Waals surface area contributed by atoms with Crippen molar-refractivity contribution in [2.45, 2.75) is 45.8 Å². The first-order valence-electron chi connectivity index (χ1n) is 8.77. The smallest absolute Gasteiger partial charge is 0.137 e. The maximum Gasteiger partial charge on any atom is 0.137 e. The van der Waals surface area contributed by atoms with Crippen molar-refractivity contribution in [3.63, 3.8) is 0 Å². The van der Waals surface area contributed by atoms with Crippen molar-refractivity contribution in [1.29, 1.82) is 0 Å². The van der Waals surface area contributed by atoms with E-state index in [2.05, 4.69) is 57.3 Å². The molecule has 24 heavy (non-hydrogen) atoms. The fraction of sp³-hybridized carbons (Fsp3) is 0.429. The maximum atomic E-state index is 10.2. The van der Waals surface area contributed by atoms with Gasteiger partial charge in [-0.15, -0.1) is 0 Å². The number of ether oxygens (including phenoxy) is 1. The highest BCUT2D eigenvalue weighted by Gasteiger charge is 2.13. The molecule has 0 saturated heterocycles. The summed E-state index contributed by atoms with van der Waals surface area (Å²) in [6, 6.07) is 16.8. The van der Waals surface area contributed by atoms with Gasteiger partial charge in [0.05, 0.1) is 0 Å². The van der Waals surface area contributed by atoms with E-state index in [1.165, 1.54) is 16.7 Å². The van der Waals surface area contributed by atoms with E-state index >= 15 is 0 Å². The fourth-order valence-corrected chi connectivity index (χ4v) is 2.90. The number of aliphatic hydroxyl groups is 1. The molecule has 0 bridgehead atoms. The number of aliphatic hydroxyl groups excluding tert-OH is 1. The first-order valence-corrected chi connectivity index (χ1v) is 8.77. The predicted octanol–water partition coefficient (Wildman–Crippen LogP) is 3.18. The normalized spacial score (nSPS) is 13.8. The Bertz CT molecular complexity index is 625. The number of hydrogen-bond acceptors (Lipinski definition) is 2. The highest BCUT2D eigenvalue weighted by Crippen LogP contribution is 2.23. The van der Waals surface area contributed by atoms with E-state index in [0.29, 0.717) is 25.1 Å². The zero-order valence-electron chi connectivity index (χ0n) is 15.2. The summed E-state index contributed by atoms with van der Waals surface area (Å²) in [7, 11) is 0. The average Bonchev–Trinajstić information content (AvgIpc) is 2.58. The number of rotatable bonds is 8. The van der Waals surface area contributed by atoms with Gasteiger partial charge >= 0.3 is 0 Å². The second-order valence-corrected chi connectivity index (χ2v) is 6.81. The molecule has 0 spiro atoms. The Hall–Kier alpha value is -1.84. The third kappa shape index (κ3) is 5.36. The maximum absolute atomic E-state index is 10.2. The Morgan fingerprint density at radius 3 is 2.38 bits per heavy atom. The molecule has 0 amide bonds. The summed E-state index contributed by atoms with van der Waals surface area (Å²) in [5.41, 5.74) is 3.85. The number of aryl methyl sites for hydroxylation is 1. The second-order valence-electron chi connectivity index (χ2n) is 6.81. The summed E-state index contributed by atoms with van der Waals surface area (Å²) in [5, 5.41) is 12.3. The van der Waals surface area contributed by atoms with Gasteiger partial charge in [-0.05, 0) is 43.0 Å². The zero-order valence-corrected chi connectivity index (χ0v) is 15.2. The van der Waals surface area contributed by atoms with Gasteiger partial charge in [0.15, 0.2) is 0 Å². The van der Waals surface area contributed by atoms with E-state index in [0.717, 1.165) is 5.75 Å². The molecule has 3 N–H and O–H groups in total. The standard InChI is InChI=1S/C21H29NO2/c1-15(2)21-11-10-20(12-16(21)3)24-14-19(23)13-22-17(4)18-8-6-5-7-9-18/h5-12,15,17,19,22-23H,13-14H2,1-4H3/p+1/t17-,19+/m1/s1. The number of quaternary nitrogens is 1. The minimum Gasteiger partial charge on any atom is -0.491 e. The molecular formula is C21H30NO2+. The third-order valence-electron chi connectivity index (χ3n) is 4.39. The molecular weight excluding hydrogens is 298 g/mol. The lowest BCUT2D eigenvalue weighted by molar-refractivity contribution is -0.698. The van der Waals surface area contributed by atoms with Gasteiger partial charge in [-0.1, -0.05) is 50.2 Å². The molecule has 2 aromatic carbocycles. The topological polar surface area (TPSA) is 46.1 Å². The predicted molar refractivity (Wildman–Crippen MR) is 98.4 cm³/mol. The molecule has 130 valence electrons. The van der Waals surface area contributed by atoms with Crippen LogP contribution in [-0.2, 0) is 0 Å². The second kappa shape index (κ2) is 8.86. The van der Waals surface area contributed by atoms with E-state index < -0.39 is 6.10 Å². The van der Waals surface area contributed by atoms with Crippen molar-refractivity contribution in [1.82, 2.24) is 0 Å². The van der Waals surface area contributed by atoms with Crippen LogP contribution in [0.3, 0.4) is 0 Å². The number of nitrogens with two attached hydrogens (primary N) is 1. The molecule has 0 unspecified atom stereocenters. The summed E-state index contributed by atoms with van der Waals surface area (Å²) in [5.74, 6) is 1.34. The van der Waals surface area contributed by atoms with Gasteiger partial charge in [-0.3, -0.25) is 0 Å². The van der Waals surface area contributed by atoms with Crippen LogP contribution in [0.15, 0.2) is 48.5 Å². The van der Waals surface area contributed by atoms with Gasteiger partial charge < -0.3 is 15.2 Å². The molecule has 0 radical (unpaired) electrons. The van der Waals surface area contributed by atoms with E-state index in [1.54, 1.807) is 0 Å². The molecule has 3 nitrogen and oxygen atoms in total. The van der Waals surface area contributed by atoms with Crippen molar-refractivity contribution in [2.24, 2.45) is 0 Å². The summed E-state index contributed by atoms with van der Waals surface area (Å²) in [4.78, 5) is 0. The van der Waals surface area contributed by atoms with Crippen LogP contribution in [0.5, 0.6) is 5.75 Å². The van der Waals surface area contributed by atoms with E-state index in [4.69, 9.17) is 4.74 Å². The van der Waals surface area contributed by atoms with Gasteiger partial charge in [0, 0.05) is 5.56 Å². The van der Waals surface area contributed by atoms with Crippen molar-refractivity contribution in [3.8, 4) is 5.75 Å². The first-order chi connectivity index (χ1) is 11.5. The number of benzene rings is 2. The van der Waals surface area contributed by atoms with Crippen LogP contribution in [0.1, 0.15) is 49.4 Å². The number of hydrogen-bond donors (Lipinski definition) is 2. The monoisotopic (exact) mass is 328 g/mol. The van der Waals surface area contributed by atoms with Crippen LogP contribution in [-0.4, -0.2) is 24.4 Å². The Labute approximate surface area is 145 Å². The van der Waals surface area contributed by atoms with Crippen molar-refractivity contribution >= 4 is 0 Å². The summed E-state index contributed by atoms with van der Waals surface area (Å²) >= 11 is 0. The summed E-state index contributed by atoms with van der Waals surface area (Å²) < 4.78 is 5.75. The van der Waals surface area contributed by atoms with Crippen LogP contribution in [0, 0.1) is 6.92 Å². The Morgan fingerprint density at radius 2 is 1.75 bits per heavy atom. The van der Waals surface area contributed by atoms with E-state index in [-0.39, 0.29) is 0 Å². The van der Waals surface area contributed by atoms with Gasteiger partial charge in [0.1, 0.15) is 31.0 Å². The van der Waals surface area contributed by atoms with Crippen LogP contribution >= 0.6 is 0 Å². The van der Waals surface area contributed by atoms with Crippen LogP contribution < -0.4 is 10.1 Å². The van der Waals surface area contributed by atoms with Gasteiger partial charge in [-0.2, -0.15) is 0 Å². The first kappa shape index (κ1) is 18.5. The zero-order chi connectivity index (χ0) is 17.5. The van der Waals surface area contributed by atoms with E-state index in [1.807, 2.05) is 24.3 Å². The Morgan fingerprint density at radius 1 is 1.04 bits per heavy atom. The molecule has 2 atom stereocenters. The lowest BCUT2D eigenvalue weighted by atomic mass is 9.98. The molecule has 3 heteroatoms. The molecule has 2 aromatic rings. The fourth-order valence-electron chi connectivity index (χ4n) is 2.90. The molecule has 0 fully saturated rings. The third-order valence-corrected chi connectivity index (χ3v) is 4.39. The molecule has 0 aliphatic carbocycles. The minimum atomic E-state index is -0.485. The lowest BCUT2D eigenvalue weighted by Crippen LogP contribution is -2.87. The molecule has 0 aliphatic rings. The molecule has 0 aliphatic heterocycles. The Balaban J connectivity index is 1.79. The van der Waals surface area contributed by atoms with Crippen molar-refractivity contribution < 1.29 is 15.2 Å².